The van der Waals surface area contributed by atoms with Gasteiger partial charge >= 0.3 is 0 Å². The van der Waals surface area contributed by atoms with E-state index >= 15 is 0 Å². The van der Waals surface area contributed by atoms with Gasteiger partial charge in [0.2, 0.25) is 0 Å². The number of para-hydroxylation sites is 1. The summed E-state index contributed by atoms with van der Waals surface area (Å²) in [6, 6.07) is 7.88. The van der Waals surface area contributed by atoms with Crippen molar-refractivity contribution >= 4 is 28.4 Å². The Kier molecular flexibility index (Phi) is 4.13. The number of hydrogen-bond acceptors (Lipinski definition) is 4. The quantitative estimate of drug-likeness (QED) is 0.869. The van der Waals surface area contributed by atoms with Crippen LogP contribution in [0, 0.1) is 3.57 Å². The fraction of sp³-hybridized carbons (Fsp3) is 0.167. The number of anilines is 1. The van der Waals surface area contributed by atoms with Gasteiger partial charge in [-0.1, -0.05) is 12.1 Å². The SMILES string of the molecule is CNc1cnc(COc2ccccc2I)cn1. The fourth-order valence-corrected chi connectivity index (χ4v) is 1.81. The van der Waals surface area contributed by atoms with Crippen molar-refractivity contribution in [2.24, 2.45) is 0 Å². The third kappa shape index (κ3) is 3.29. The summed E-state index contributed by atoms with van der Waals surface area (Å²) < 4.78 is 6.75. The van der Waals surface area contributed by atoms with E-state index in [1.54, 1.807) is 12.4 Å². The largest absolute Gasteiger partial charge is 0.486 e. The maximum atomic E-state index is 5.67. The zero-order valence-electron chi connectivity index (χ0n) is 9.35. The highest BCUT2D eigenvalue weighted by molar-refractivity contribution is 14.1. The lowest BCUT2D eigenvalue weighted by Gasteiger charge is -2.07. The maximum Gasteiger partial charge on any atom is 0.144 e. The number of benzene rings is 1. The Bertz CT molecular complexity index is 487. The van der Waals surface area contributed by atoms with E-state index in [2.05, 4.69) is 37.9 Å². The van der Waals surface area contributed by atoms with Gasteiger partial charge < -0.3 is 10.1 Å². The third-order valence-corrected chi connectivity index (χ3v) is 3.06. The van der Waals surface area contributed by atoms with E-state index in [4.69, 9.17) is 4.74 Å². The van der Waals surface area contributed by atoms with Crippen LogP contribution in [0.1, 0.15) is 5.69 Å². The third-order valence-electron chi connectivity index (χ3n) is 2.17. The molecule has 1 aromatic heterocycles. The van der Waals surface area contributed by atoms with Gasteiger partial charge in [-0.2, -0.15) is 0 Å². The Morgan fingerprint density at radius 2 is 2.06 bits per heavy atom. The molecule has 0 fully saturated rings. The summed E-state index contributed by atoms with van der Waals surface area (Å²) in [6.07, 6.45) is 3.40. The molecule has 0 atom stereocenters. The summed E-state index contributed by atoms with van der Waals surface area (Å²) >= 11 is 2.24. The summed E-state index contributed by atoms with van der Waals surface area (Å²) in [6.45, 7) is 0.428. The minimum atomic E-state index is 0.428. The number of nitrogens with one attached hydrogen (secondary N) is 1. The van der Waals surface area contributed by atoms with Crippen molar-refractivity contribution in [3.63, 3.8) is 0 Å². The predicted molar refractivity (Wildman–Crippen MR) is 75.1 cm³/mol. The second kappa shape index (κ2) is 5.81. The summed E-state index contributed by atoms with van der Waals surface area (Å²) in [5, 5.41) is 2.92. The van der Waals surface area contributed by atoms with Crippen LogP contribution in [0.25, 0.3) is 0 Å². The molecule has 0 radical (unpaired) electrons. The molecule has 0 spiro atoms. The number of ether oxygens (including phenoxy) is 1. The average molecular weight is 341 g/mol. The average Bonchev–Trinajstić information content (AvgIpc) is 2.38. The van der Waals surface area contributed by atoms with Crippen LogP contribution in [0.2, 0.25) is 0 Å². The van der Waals surface area contributed by atoms with E-state index in [1.807, 2.05) is 31.3 Å². The second-order valence-corrected chi connectivity index (χ2v) is 4.52. The highest BCUT2D eigenvalue weighted by atomic mass is 127. The van der Waals surface area contributed by atoms with Crippen molar-refractivity contribution in [2.45, 2.75) is 6.61 Å². The fourth-order valence-electron chi connectivity index (χ4n) is 1.27. The molecule has 4 nitrogen and oxygen atoms in total. The van der Waals surface area contributed by atoms with Gasteiger partial charge in [-0.15, -0.1) is 0 Å². The number of rotatable bonds is 4. The maximum absolute atomic E-state index is 5.67. The molecule has 0 aliphatic heterocycles. The van der Waals surface area contributed by atoms with Gasteiger partial charge in [-0.3, -0.25) is 4.98 Å². The molecule has 1 heterocycles. The molecular weight excluding hydrogens is 329 g/mol. The summed E-state index contributed by atoms with van der Waals surface area (Å²) in [7, 11) is 1.81. The first-order valence-corrected chi connectivity index (χ1v) is 6.23. The van der Waals surface area contributed by atoms with Gasteiger partial charge in [-0.25, -0.2) is 4.98 Å². The van der Waals surface area contributed by atoms with E-state index < -0.39 is 0 Å². The summed E-state index contributed by atoms with van der Waals surface area (Å²) in [5.74, 6) is 1.62. The lowest BCUT2D eigenvalue weighted by atomic mass is 10.3. The van der Waals surface area contributed by atoms with Crippen molar-refractivity contribution in [1.82, 2.24) is 9.97 Å². The van der Waals surface area contributed by atoms with Gasteiger partial charge in [0.1, 0.15) is 18.2 Å². The molecule has 0 saturated carbocycles. The molecule has 0 unspecified atom stereocenters. The van der Waals surface area contributed by atoms with E-state index in [9.17, 15) is 0 Å². The topological polar surface area (TPSA) is 47.0 Å². The molecule has 2 rings (SSSR count). The molecule has 0 amide bonds. The molecule has 0 aliphatic rings. The van der Waals surface area contributed by atoms with E-state index in [-0.39, 0.29) is 0 Å². The van der Waals surface area contributed by atoms with Crippen molar-refractivity contribution in [3.05, 3.63) is 45.9 Å². The zero-order chi connectivity index (χ0) is 12.1. The van der Waals surface area contributed by atoms with Crippen LogP contribution >= 0.6 is 22.6 Å². The Labute approximate surface area is 114 Å². The van der Waals surface area contributed by atoms with E-state index in [0.717, 1.165) is 20.8 Å². The molecule has 0 bridgehead atoms. The van der Waals surface area contributed by atoms with E-state index in [1.165, 1.54) is 0 Å². The van der Waals surface area contributed by atoms with Gasteiger partial charge in [0.05, 0.1) is 21.7 Å². The normalized spacial score (nSPS) is 10.0. The van der Waals surface area contributed by atoms with Crippen LogP contribution in [0.3, 0.4) is 0 Å². The van der Waals surface area contributed by atoms with Gasteiger partial charge in [0, 0.05) is 7.05 Å². The number of aromatic nitrogens is 2. The Balaban J connectivity index is 2.00. The van der Waals surface area contributed by atoms with Gasteiger partial charge in [-0.05, 0) is 34.7 Å². The lowest BCUT2D eigenvalue weighted by molar-refractivity contribution is 0.298. The molecule has 17 heavy (non-hydrogen) atoms. The van der Waals surface area contributed by atoms with Crippen LogP contribution in [0.4, 0.5) is 5.82 Å². The number of hydrogen-bond donors (Lipinski definition) is 1. The standard InChI is InChI=1S/C12H12IN3O/c1-14-12-7-15-9(6-16-12)8-17-11-5-3-2-4-10(11)13/h2-7H,8H2,1H3,(H,14,16). The molecular formula is C12H12IN3O. The molecule has 1 aromatic carbocycles. The van der Waals surface area contributed by atoms with Crippen LogP contribution < -0.4 is 10.1 Å². The molecule has 1 N–H and O–H groups in total. The molecule has 2 aromatic rings. The van der Waals surface area contributed by atoms with Crippen LogP contribution in [-0.2, 0) is 6.61 Å². The van der Waals surface area contributed by atoms with Crippen LogP contribution in [0.15, 0.2) is 36.7 Å². The minimum Gasteiger partial charge on any atom is -0.486 e. The zero-order valence-corrected chi connectivity index (χ0v) is 11.5. The first-order chi connectivity index (χ1) is 8.29. The molecule has 5 heteroatoms. The lowest BCUT2D eigenvalue weighted by Crippen LogP contribution is -2.01. The number of nitrogens with zero attached hydrogens (tertiary/aromatic N) is 2. The van der Waals surface area contributed by atoms with Gasteiger partial charge in [0.25, 0.3) is 0 Å². The highest BCUT2D eigenvalue weighted by Gasteiger charge is 2.01. The van der Waals surface area contributed by atoms with Crippen molar-refractivity contribution < 1.29 is 4.74 Å². The Morgan fingerprint density at radius 3 is 2.71 bits per heavy atom. The highest BCUT2D eigenvalue weighted by Crippen LogP contribution is 2.20. The summed E-state index contributed by atoms with van der Waals surface area (Å²) in [5.41, 5.74) is 0.809. The van der Waals surface area contributed by atoms with Crippen LogP contribution in [0.5, 0.6) is 5.75 Å². The van der Waals surface area contributed by atoms with Crippen LogP contribution in [-0.4, -0.2) is 17.0 Å². The minimum absolute atomic E-state index is 0.428. The van der Waals surface area contributed by atoms with Crippen molar-refractivity contribution in [3.8, 4) is 5.75 Å². The molecule has 0 saturated heterocycles. The molecule has 0 aliphatic carbocycles. The molecule has 88 valence electrons. The Morgan fingerprint density at radius 1 is 1.24 bits per heavy atom. The second-order valence-electron chi connectivity index (χ2n) is 3.36. The predicted octanol–water partition coefficient (Wildman–Crippen LogP) is 2.70. The van der Waals surface area contributed by atoms with Crippen molar-refractivity contribution in [2.75, 3.05) is 12.4 Å². The van der Waals surface area contributed by atoms with Gasteiger partial charge in [0.15, 0.2) is 0 Å². The Hall–Kier alpha value is -1.37. The van der Waals surface area contributed by atoms with E-state index in [0.29, 0.717) is 6.61 Å². The number of halogens is 1. The first-order valence-electron chi connectivity index (χ1n) is 5.15. The first kappa shape index (κ1) is 12.1. The summed E-state index contributed by atoms with van der Waals surface area (Å²) in [4.78, 5) is 8.42. The smallest absolute Gasteiger partial charge is 0.144 e. The monoisotopic (exact) mass is 341 g/mol. The van der Waals surface area contributed by atoms with Crippen molar-refractivity contribution in [1.29, 1.82) is 0 Å².